The van der Waals surface area contributed by atoms with Gasteiger partial charge in [-0.3, -0.25) is 9.59 Å². The molecule has 1 aliphatic heterocycles. The Morgan fingerprint density at radius 2 is 1.94 bits per heavy atom. The molecule has 0 radical (unpaired) electrons. The predicted molar refractivity (Wildman–Crippen MR) is 56.9 cm³/mol. The second-order valence-corrected chi connectivity index (χ2v) is 3.49. The highest BCUT2D eigenvalue weighted by Gasteiger charge is 2.27. The fourth-order valence-corrected chi connectivity index (χ4v) is 1.58. The van der Waals surface area contributed by atoms with Crippen molar-refractivity contribution in [3.8, 4) is 5.75 Å². The number of ether oxygens (including phenoxy) is 1. The Kier molecular flexibility index (Phi) is 2.76. The van der Waals surface area contributed by atoms with Gasteiger partial charge in [-0.05, 0) is 17.7 Å². The zero-order valence-electron chi connectivity index (χ0n) is 8.82. The smallest absolute Gasteiger partial charge is 0.247 e. The van der Waals surface area contributed by atoms with Gasteiger partial charge in [0, 0.05) is 0 Å². The van der Waals surface area contributed by atoms with Crippen molar-refractivity contribution in [3.63, 3.8) is 0 Å². The lowest BCUT2D eigenvalue weighted by Gasteiger charge is -2.23. The normalized spacial score (nSPS) is 19.9. The number of benzene rings is 1. The molecule has 0 unspecified atom stereocenters. The van der Waals surface area contributed by atoms with Gasteiger partial charge in [0.2, 0.25) is 11.8 Å². The lowest BCUT2D eigenvalue weighted by Crippen LogP contribution is -2.50. The van der Waals surface area contributed by atoms with Crippen LogP contribution in [0.25, 0.3) is 0 Å². The van der Waals surface area contributed by atoms with Crippen LogP contribution in [-0.2, 0) is 9.59 Å². The summed E-state index contributed by atoms with van der Waals surface area (Å²) in [5.41, 5.74) is 0.742. The zero-order valence-corrected chi connectivity index (χ0v) is 8.82. The fourth-order valence-electron chi connectivity index (χ4n) is 1.58. The van der Waals surface area contributed by atoms with E-state index >= 15 is 0 Å². The number of amides is 2. The second kappa shape index (κ2) is 4.22. The van der Waals surface area contributed by atoms with Crippen molar-refractivity contribution >= 4 is 11.8 Å². The highest BCUT2D eigenvalue weighted by Crippen LogP contribution is 2.18. The maximum Gasteiger partial charge on any atom is 0.247 e. The molecular weight excluding hydrogens is 208 g/mol. The fraction of sp³-hybridized carbons (Fsp3) is 0.273. The SMILES string of the molecule is COc1ccc([C@H]2NC(=O)CNC2=O)cc1. The lowest BCUT2D eigenvalue weighted by atomic mass is 10.0. The number of rotatable bonds is 2. The maximum atomic E-state index is 11.5. The van der Waals surface area contributed by atoms with Gasteiger partial charge in [0.15, 0.2) is 0 Å². The van der Waals surface area contributed by atoms with Crippen LogP contribution in [0.1, 0.15) is 11.6 Å². The topological polar surface area (TPSA) is 67.4 Å². The van der Waals surface area contributed by atoms with Crippen LogP contribution in [0.3, 0.4) is 0 Å². The third-order valence-corrected chi connectivity index (χ3v) is 2.44. The first-order valence-corrected chi connectivity index (χ1v) is 4.92. The molecule has 1 aromatic carbocycles. The molecule has 0 aliphatic carbocycles. The van der Waals surface area contributed by atoms with Crippen molar-refractivity contribution in [2.24, 2.45) is 0 Å². The van der Waals surface area contributed by atoms with Crippen molar-refractivity contribution in [2.45, 2.75) is 6.04 Å². The minimum atomic E-state index is -0.604. The molecule has 2 N–H and O–H groups in total. The van der Waals surface area contributed by atoms with Crippen molar-refractivity contribution in [1.82, 2.24) is 10.6 Å². The van der Waals surface area contributed by atoms with E-state index in [4.69, 9.17) is 4.74 Å². The van der Waals surface area contributed by atoms with Crippen LogP contribution in [0.15, 0.2) is 24.3 Å². The molecular formula is C11H12N2O3. The van der Waals surface area contributed by atoms with Crippen LogP contribution in [0.2, 0.25) is 0 Å². The van der Waals surface area contributed by atoms with Crippen LogP contribution >= 0.6 is 0 Å². The summed E-state index contributed by atoms with van der Waals surface area (Å²) in [6.07, 6.45) is 0. The van der Waals surface area contributed by atoms with E-state index in [1.807, 2.05) is 0 Å². The van der Waals surface area contributed by atoms with E-state index in [9.17, 15) is 9.59 Å². The van der Waals surface area contributed by atoms with Crippen molar-refractivity contribution in [1.29, 1.82) is 0 Å². The molecule has 5 heteroatoms. The van der Waals surface area contributed by atoms with E-state index in [1.165, 1.54) is 0 Å². The maximum absolute atomic E-state index is 11.5. The first kappa shape index (κ1) is 10.5. The summed E-state index contributed by atoms with van der Waals surface area (Å²) in [6, 6.07) is 6.42. The summed E-state index contributed by atoms with van der Waals surface area (Å²) >= 11 is 0. The summed E-state index contributed by atoms with van der Waals surface area (Å²) in [7, 11) is 1.57. The zero-order chi connectivity index (χ0) is 11.5. The Hall–Kier alpha value is -2.04. The van der Waals surface area contributed by atoms with Gasteiger partial charge < -0.3 is 15.4 Å². The van der Waals surface area contributed by atoms with Gasteiger partial charge in [-0.2, -0.15) is 0 Å². The van der Waals surface area contributed by atoms with Gasteiger partial charge in [0.1, 0.15) is 11.8 Å². The molecule has 0 spiro atoms. The van der Waals surface area contributed by atoms with Gasteiger partial charge in [-0.25, -0.2) is 0 Å². The first-order valence-electron chi connectivity index (χ1n) is 4.92. The van der Waals surface area contributed by atoms with Crippen LogP contribution in [0, 0.1) is 0 Å². The van der Waals surface area contributed by atoms with Gasteiger partial charge in [0.25, 0.3) is 0 Å². The predicted octanol–water partition coefficient (Wildman–Crippen LogP) is -0.0177. The van der Waals surface area contributed by atoms with E-state index in [1.54, 1.807) is 31.4 Å². The van der Waals surface area contributed by atoms with Crippen molar-refractivity contribution in [2.75, 3.05) is 13.7 Å². The quantitative estimate of drug-likeness (QED) is 0.736. The molecule has 1 aliphatic rings. The molecule has 1 atom stereocenters. The third kappa shape index (κ3) is 1.98. The van der Waals surface area contributed by atoms with Crippen LogP contribution in [0.4, 0.5) is 0 Å². The number of hydrogen-bond donors (Lipinski definition) is 2. The molecule has 0 saturated carbocycles. The summed E-state index contributed by atoms with van der Waals surface area (Å²) in [5, 5.41) is 5.15. The summed E-state index contributed by atoms with van der Waals surface area (Å²) in [6.45, 7) is 0.0471. The molecule has 1 saturated heterocycles. The Balaban J connectivity index is 2.21. The summed E-state index contributed by atoms with van der Waals surface area (Å²) in [5.74, 6) is 0.344. The Morgan fingerprint density at radius 1 is 1.25 bits per heavy atom. The highest BCUT2D eigenvalue weighted by atomic mass is 16.5. The minimum Gasteiger partial charge on any atom is -0.497 e. The highest BCUT2D eigenvalue weighted by molar-refractivity contribution is 5.95. The van der Waals surface area contributed by atoms with E-state index in [0.717, 1.165) is 5.56 Å². The van der Waals surface area contributed by atoms with Crippen LogP contribution in [-0.4, -0.2) is 25.5 Å². The van der Waals surface area contributed by atoms with E-state index in [2.05, 4.69) is 10.6 Å². The largest absolute Gasteiger partial charge is 0.497 e. The van der Waals surface area contributed by atoms with Gasteiger partial charge >= 0.3 is 0 Å². The molecule has 1 heterocycles. The molecule has 0 bridgehead atoms. The van der Waals surface area contributed by atoms with Gasteiger partial charge in [-0.1, -0.05) is 12.1 Å². The van der Waals surface area contributed by atoms with E-state index in [0.29, 0.717) is 5.75 Å². The Labute approximate surface area is 92.8 Å². The third-order valence-electron chi connectivity index (χ3n) is 2.44. The van der Waals surface area contributed by atoms with Crippen LogP contribution in [0.5, 0.6) is 5.75 Å². The average molecular weight is 220 g/mol. The number of carbonyl (C=O) groups excluding carboxylic acids is 2. The minimum absolute atomic E-state index is 0.0471. The van der Waals surface area contributed by atoms with Crippen molar-refractivity contribution < 1.29 is 14.3 Å². The van der Waals surface area contributed by atoms with Gasteiger partial charge in [-0.15, -0.1) is 0 Å². The number of methoxy groups -OCH3 is 1. The number of hydrogen-bond acceptors (Lipinski definition) is 3. The molecule has 16 heavy (non-hydrogen) atoms. The number of carbonyl (C=O) groups is 2. The molecule has 84 valence electrons. The van der Waals surface area contributed by atoms with E-state index in [-0.39, 0.29) is 18.4 Å². The standard InChI is InChI=1S/C11H12N2O3/c1-16-8-4-2-7(3-5-8)10-11(15)12-6-9(14)13-10/h2-5,10H,6H2,1H3,(H,12,15)(H,13,14)/t10-/m1/s1. The van der Waals surface area contributed by atoms with Crippen molar-refractivity contribution in [3.05, 3.63) is 29.8 Å². The summed E-state index contributed by atoms with van der Waals surface area (Å²) in [4.78, 5) is 22.7. The average Bonchev–Trinajstić information content (AvgIpc) is 2.32. The Morgan fingerprint density at radius 3 is 2.56 bits per heavy atom. The second-order valence-electron chi connectivity index (χ2n) is 3.49. The molecule has 5 nitrogen and oxygen atoms in total. The Bertz CT molecular complexity index is 414. The summed E-state index contributed by atoms with van der Waals surface area (Å²) < 4.78 is 5.02. The number of piperazine rings is 1. The molecule has 1 fully saturated rings. The first-order chi connectivity index (χ1) is 7.70. The van der Waals surface area contributed by atoms with Gasteiger partial charge in [0.05, 0.1) is 13.7 Å². The molecule has 1 aromatic rings. The molecule has 2 amide bonds. The molecule has 0 aromatic heterocycles. The molecule has 2 rings (SSSR count). The van der Waals surface area contributed by atoms with E-state index < -0.39 is 6.04 Å². The monoisotopic (exact) mass is 220 g/mol. The lowest BCUT2D eigenvalue weighted by molar-refractivity contribution is -0.133. The van der Waals surface area contributed by atoms with Crippen LogP contribution < -0.4 is 15.4 Å². The number of nitrogens with one attached hydrogen (secondary N) is 2.